The van der Waals surface area contributed by atoms with Crippen LogP contribution in [0.15, 0.2) is 53.7 Å². The normalized spacial score (nSPS) is 10.7. The van der Waals surface area contributed by atoms with Crippen LogP contribution in [0.5, 0.6) is 5.75 Å². The molecule has 0 fully saturated rings. The number of hydrogen-bond donors (Lipinski definition) is 1. The lowest BCUT2D eigenvalue weighted by molar-refractivity contribution is 0.306. The SMILES string of the molecule is ON=Cc1ccc(OCc2ccc(I)cc2)cc1. The smallest absolute Gasteiger partial charge is 0.119 e. The maximum Gasteiger partial charge on any atom is 0.119 e. The fourth-order valence-corrected chi connectivity index (χ4v) is 1.82. The second-order valence-corrected chi connectivity index (χ2v) is 4.97. The summed E-state index contributed by atoms with van der Waals surface area (Å²) in [4.78, 5) is 0. The Morgan fingerprint density at radius 2 is 1.72 bits per heavy atom. The molecule has 3 nitrogen and oxygen atoms in total. The Kier molecular flexibility index (Phi) is 4.58. The van der Waals surface area contributed by atoms with Crippen LogP contribution in [0.1, 0.15) is 11.1 Å². The maximum atomic E-state index is 8.40. The molecule has 0 unspecified atom stereocenters. The second kappa shape index (κ2) is 6.39. The maximum absolute atomic E-state index is 8.40. The standard InChI is InChI=1S/C14H12INO2/c15-13-5-1-12(2-6-13)10-18-14-7-3-11(4-8-14)9-16-17/h1-9,17H,10H2. The van der Waals surface area contributed by atoms with Crippen molar-refractivity contribution in [2.24, 2.45) is 5.16 Å². The van der Waals surface area contributed by atoms with E-state index in [0.29, 0.717) is 6.61 Å². The van der Waals surface area contributed by atoms with E-state index in [1.54, 1.807) is 0 Å². The lowest BCUT2D eigenvalue weighted by Gasteiger charge is -2.06. The first kappa shape index (κ1) is 12.9. The van der Waals surface area contributed by atoms with Crippen molar-refractivity contribution < 1.29 is 9.94 Å². The third kappa shape index (κ3) is 3.73. The number of ether oxygens (including phenoxy) is 1. The van der Waals surface area contributed by atoms with E-state index in [1.807, 2.05) is 24.3 Å². The number of hydrogen-bond acceptors (Lipinski definition) is 3. The number of oxime groups is 1. The quantitative estimate of drug-likeness (QED) is 0.394. The molecule has 0 saturated carbocycles. The Balaban J connectivity index is 1.95. The summed E-state index contributed by atoms with van der Waals surface area (Å²) in [5.74, 6) is 0.795. The van der Waals surface area contributed by atoms with Gasteiger partial charge in [0, 0.05) is 3.57 Å². The Morgan fingerprint density at radius 3 is 2.33 bits per heavy atom. The van der Waals surface area contributed by atoms with Crippen LogP contribution in [-0.4, -0.2) is 11.4 Å². The van der Waals surface area contributed by atoms with Crippen LogP contribution in [0.25, 0.3) is 0 Å². The van der Waals surface area contributed by atoms with Gasteiger partial charge in [-0.15, -0.1) is 0 Å². The van der Waals surface area contributed by atoms with Gasteiger partial charge in [-0.2, -0.15) is 0 Å². The monoisotopic (exact) mass is 353 g/mol. The highest BCUT2D eigenvalue weighted by Gasteiger charge is 1.96. The molecule has 2 rings (SSSR count). The van der Waals surface area contributed by atoms with Crippen molar-refractivity contribution in [3.05, 3.63) is 63.2 Å². The lowest BCUT2D eigenvalue weighted by Crippen LogP contribution is -1.95. The van der Waals surface area contributed by atoms with Crippen molar-refractivity contribution in [2.45, 2.75) is 6.61 Å². The van der Waals surface area contributed by atoms with Crippen molar-refractivity contribution in [1.82, 2.24) is 0 Å². The average molecular weight is 353 g/mol. The third-order valence-electron chi connectivity index (χ3n) is 2.41. The van der Waals surface area contributed by atoms with Gasteiger partial charge in [-0.3, -0.25) is 0 Å². The first-order valence-corrected chi connectivity index (χ1v) is 6.50. The summed E-state index contributed by atoms with van der Waals surface area (Å²) in [6, 6.07) is 15.6. The Labute approximate surface area is 119 Å². The van der Waals surface area contributed by atoms with Gasteiger partial charge in [-0.05, 0) is 70.1 Å². The molecule has 1 N–H and O–H groups in total. The highest BCUT2D eigenvalue weighted by molar-refractivity contribution is 14.1. The summed E-state index contributed by atoms with van der Waals surface area (Å²) in [5, 5.41) is 11.4. The van der Waals surface area contributed by atoms with Crippen molar-refractivity contribution >= 4 is 28.8 Å². The summed E-state index contributed by atoms with van der Waals surface area (Å²) < 4.78 is 6.87. The molecule has 0 amide bonds. The van der Waals surface area contributed by atoms with Gasteiger partial charge in [0.1, 0.15) is 12.4 Å². The van der Waals surface area contributed by atoms with Gasteiger partial charge < -0.3 is 9.94 Å². The molecule has 0 aliphatic heterocycles. The molecule has 0 aliphatic rings. The van der Waals surface area contributed by atoms with E-state index in [1.165, 1.54) is 9.78 Å². The van der Waals surface area contributed by atoms with Gasteiger partial charge >= 0.3 is 0 Å². The number of nitrogens with zero attached hydrogens (tertiary/aromatic N) is 1. The molecule has 92 valence electrons. The highest BCUT2D eigenvalue weighted by Crippen LogP contribution is 2.14. The minimum Gasteiger partial charge on any atom is -0.489 e. The molecule has 0 aromatic heterocycles. The van der Waals surface area contributed by atoms with E-state index in [-0.39, 0.29) is 0 Å². The zero-order valence-electron chi connectivity index (χ0n) is 9.58. The molecule has 0 atom stereocenters. The minimum absolute atomic E-state index is 0.546. The Morgan fingerprint density at radius 1 is 1.06 bits per heavy atom. The molecule has 0 radical (unpaired) electrons. The first-order valence-electron chi connectivity index (χ1n) is 5.42. The van der Waals surface area contributed by atoms with Crippen molar-refractivity contribution in [3.8, 4) is 5.75 Å². The van der Waals surface area contributed by atoms with Crippen LogP contribution in [0.2, 0.25) is 0 Å². The summed E-state index contributed by atoms with van der Waals surface area (Å²) in [5.41, 5.74) is 1.97. The summed E-state index contributed by atoms with van der Waals surface area (Å²) in [6.45, 7) is 0.546. The molecular weight excluding hydrogens is 341 g/mol. The zero-order valence-corrected chi connectivity index (χ0v) is 11.7. The van der Waals surface area contributed by atoms with Crippen LogP contribution >= 0.6 is 22.6 Å². The van der Waals surface area contributed by atoms with Crippen molar-refractivity contribution in [1.29, 1.82) is 0 Å². The molecule has 0 spiro atoms. The molecule has 4 heteroatoms. The molecule has 0 heterocycles. The van der Waals surface area contributed by atoms with Gasteiger partial charge in [0.25, 0.3) is 0 Å². The van der Waals surface area contributed by atoms with Gasteiger partial charge in [0.2, 0.25) is 0 Å². The van der Waals surface area contributed by atoms with E-state index in [9.17, 15) is 0 Å². The van der Waals surface area contributed by atoms with Crippen molar-refractivity contribution in [3.63, 3.8) is 0 Å². The number of benzene rings is 2. The van der Waals surface area contributed by atoms with Crippen LogP contribution in [0.4, 0.5) is 0 Å². The molecule has 0 saturated heterocycles. The van der Waals surface area contributed by atoms with E-state index < -0.39 is 0 Å². The molecule has 0 aliphatic carbocycles. The highest BCUT2D eigenvalue weighted by atomic mass is 127. The topological polar surface area (TPSA) is 41.8 Å². The summed E-state index contributed by atoms with van der Waals surface area (Å²) in [7, 11) is 0. The molecular formula is C14H12INO2. The fourth-order valence-electron chi connectivity index (χ4n) is 1.46. The van der Waals surface area contributed by atoms with Crippen LogP contribution in [-0.2, 0) is 6.61 Å². The molecule has 2 aromatic rings. The number of halogens is 1. The van der Waals surface area contributed by atoms with E-state index in [2.05, 4.69) is 52.0 Å². The van der Waals surface area contributed by atoms with E-state index >= 15 is 0 Å². The predicted octanol–water partition coefficient (Wildman–Crippen LogP) is 3.68. The predicted molar refractivity (Wildman–Crippen MR) is 79.3 cm³/mol. The van der Waals surface area contributed by atoms with Crippen LogP contribution < -0.4 is 4.74 Å². The molecule has 0 bridgehead atoms. The lowest BCUT2D eigenvalue weighted by atomic mass is 10.2. The first-order chi connectivity index (χ1) is 8.78. The second-order valence-electron chi connectivity index (χ2n) is 3.73. The largest absolute Gasteiger partial charge is 0.489 e. The van der Waals surface area contributed by atoms with Gasteiger partial charge in [0.15, 0.2) is 0 Å². The van der Waals surface area contributed by atoms with E-state index in [4.69, 9.17) is 9.94 Å². The van der Waals surface area contributed by atoms with Crippen LogP contribution in [0.3, 0.4) is 0 Å². The van der Waals surface area contributed by atoms with E-state index in [0.717, 1.165) is 16.9 Å². The van der Waals surface area contributed by atoms with Gasteiger partial charge in [0.05, 0.1) is 6.21 Å². The molecule has 2 aromatic carbocycles. The minimum atomic E-state index is 0.546. The third-order valence-corrected chi connectivity index (χ3v) is 3.12. The fraction of sp³-hybridized carbons (Fsp3) is 0.0714. The van der Waals surface area contributed by atoms with Crippen LogP contribution in [0, 0.1) is 3.57 Å². The average Bonchev–Trinajstić information content (AvgIpc) is 2.40. The Bertz CT molecular complexity index is 520. The summed E-state index contributed by atoms with van der Waals surface area (Å²) in [6.07, 6.45) is 1.38. The van der Waals surface area contributed by atoms with Crippen molar-refractivity contribution in [2.75, 3.05) is 0 Å². The number of rotatable bonds is 4. The Hall–Kier alpha value is -1.56. The zero-order chi connectivity index (χ0) is 12.8. The van der Waals surface area contributed by atoms with Gasteiger partial charge in [-0.25, -0.2) is 0 Å². The summed E-state index contributed by atoms with van der Waals surface area (Å²) >= 11 is 2.27. The van der Waals surface area contributed by atoms with Gasteiger partial charge in [-0.1, -0.05) is 17.3 Å². The molecule has 18 heavy (non-hydrogen) atoms.